The molecule has 0 saturated heterocycles. The molecule has 4 rings (SSSR count). The van der Waals surface area contributed by atoms with Crippen molar-refractivity contribution in [3.63, 3.8) is 0 Å². The molecule has 0 unspecified atom stereocenters. The molecule has 3 aromatic carbocycles. The van der Waals surface area contributed by atoms with Crippen LogP contribution in [0.1, 0.15) is 5.56 Å². The molecule has 3 heteroatoms. The van der Waals surface area contributed by atoms with Crippen LogP contribution in [0.3, 0.4) is 0 Å². The molecule has 0 aliphatic heterocycles. The number of fused-ring (bicyclic) bond motifs is 1. The first-order valence-corrected chi connectivity index (χ1v) is 7.71. The van der Waals surface area contributed by atoms with Gasteiger partial charge in [0.25, 0.3) is 0 Å². The second-order valence-electron chi connectivity index (χ2n) is 5.48. The highest BCUT2D eigenvalue weighted by molar-refractivity contribution is 5.78. The Hall–Kier alpha value is -3.07. The van der Waals surface area contributed by atoms with Crippen LogP contribution in [0.15, 0.2) is 84.9 Å². The lowest BCUT2D eigenvalue weighted by molar-refractivity contribution is 0.934. The van der Waals surface area contributed by atoms with E-state index in [9.17, 15) is 0 Å². The zero-order chi connectivity index (χ0) is 15.5. The van der Waals surface area contributed by atoms with Crippen molar-refractivity contribution in [2.75, 3.05) is 4.90 Å². The Morgan fingerprint density at radius 3 is 2.13 bits per heavy atom. The quantitative estimate of drug-likeness (QED) is 0.581. The molecule has 0 radical (unpaired) electrons. The van der Waals surface area contributed by atoms with Crippen LogP contribution in [0.25, 0.3) is 11.0 Å². The van der Waals surface area contributed by atoms with E-state index in [1.54, 1.807) is 0 Å². The predicted molar refractivity (Wildman–Crippen MR) is 94.8 cm³/mol. The fourth-order valence-electron chi connectivity index (χ4n) is 2.73. The van der Waals surface area contributed by atoms with Gasteiger partial charge in [0.2, 0.25) is 5.95 Å². The number of imidazole rings is 1. The van der Waals surface area contributed by atoms with Crippen molar-refractivity contribution >= 4 is 22.7 Å². The van der Waals surface area contributed by atoms with Crippen molar-refractivity contribution in [2.45, 2.75) is 6.54 Å². The summed E-state index contributed by atoms with van der Waals surface area (Å²) in [6.07, 6.45) is 0. The SMILES string of the molecule is c1ccc(CN(c2ccccc2)c2nc3ccccc3[nH]2)cc1. The Balaban J connectivity index is 1.78. The van der Waals surface area contributed by atoms with Gasteiger partial charge in [-0.3, -0.25) is 0 Å². The number of aromatic nitrogens is 2. The molecular weight excluding hydrogens is 282 g/mol. The third-order valence-corrected chi connectivity index (χ3v) is 3.88. The number of para-hydroxylation sites is 3. The number of hydrogen-bond acceptors (Lipinski definition) is 2. The van der Waals surface area contributed by atoms with E-state index in [0.29, 0.717) is 0 Å². The normalized spacial score (nSPS) is 10.8. The fraction of sp³-hybridized carbons (Fsp3) is 0.0500. The molecular formula is C20H17N3. The van der Waals surface area contributed by atoms with Crippen molar-refractivity contribution in [1.29, 1.82) is 0 Å². The van der Waals surface area contributed by atoms with Crippen molar-refractivity contribution in [3.05, 3.63) is 90.5 Å². The molecule has 1 aromatic heterocycles. The first kappa shape index (κ1) is 13.6. The Kier molecular flexibility index (Phi) is 3.53. The van der Waals surface area contributed by atoms with Crippen LogP contribution in [0, 0.1) is 0 Å². The predicted octanol–water partition coefficient (Wildman–Crippen LogP) is 4.90. The number of rotatable bonds is 4. The molecule has 0 aliphatic rings. The lowest BCUT2D eigenvalue weighted by atomic mass is 10.2. The first-order valence-electron chi connectivity index (χ1n) is 7.71. The Bertz CT molecular complexity index is 865. The van der Waals surface area contributed by atoms with E-state index in [4.69, 9.17) is 4.98 Å². The molecule has 0 spiro atoms. The summed E-state index contributed by atoms with van der Waals surface area (Å²) in [5.74, 6) is 0.862. The molecule has 4 aromatic rings. The van der Waals surface area contributed by atoms with Crippen LogP contribution >= 0.6 is 0 Å². The Morgan fingerprint density at radius 2 is 1.39 bits per heavy atom. The zero-order valence-electron chi connectivity index (χ0n) is 12.7. The fourth-order valence-corrected chi connectivity index (χ4v) is 2.73. The van der Waals surface area contributed by atoms with Gasteiger partial charge in [-0.1, -0.05) is 60.7 Å². The number of anilines is 2. The molecule has 1 N–H and O–H groups in total. The number of benzene rings is 3. The van der Waals surface area contributed by atoms with Crippen molar-refractivity contribution in [3.8, 4) is 0 Å². The summed E-state index contributed by atoms with van der Waals surface area (Å²) in [4.78, 5) is 10.4. The highest BCUT2D eigenvalue weighted by atomic mass is 15.3. The van der Waals surface area contributed by atoms with E-state index in [1.165, 1.54) is 5.56 Å². The Labute approximate surface area is 135 Å². The van der Waals surface area contributed by atoms with Crippen LogP contribution in [0.2, 0.25) is 0 Å². The summed E-state index contributed by atoms with van der Waals surface area (Å²) < 4.78 is 0. The molecule has 0 amide bonds. The molecule has 0 saturated carbocycles. The summed E-state index contributed by atoms with van der Waals surface area (Å²) >= 11 is 0. The molecule has 0 fully saturated rings. The monoisotopic (exact) mass is 299 g/mol. The van der Waals surface area contributed by atoms with Gasteiger partial charge in [0.15, 0.2) is 0 Å². The maximum Gasteiger partial charge on any atom is 0.208 e. The topological polar surface area (TPSA) is 31.9 Å². The van der Waals surface area contributed by atoms with Gasteiger partial charge in [-0.2, -0.15) is 0 Å². The van der Waals surface area contributed by atoms with E-state index >= 15 is 0 Å². The van der Waals surface area contributed by atoms with Crippen LogP contribution in [0.5, 0.6) is 0 Å². The highest BCUT2D eigenvalue weighted by Gasteiger charge is 2.14. The van der Waals surface area contributed by atoms with E-state index in [-0.39, 0.29) is 0 Å². The summed E-state index contributed by atoms with van der Waals surface area (Å²) in [6, 6.07) is 28.9. The first-order chi connectivity index (χ1) is 11.4. The van der Waals surface area contributed by atoms with Crippen molar-refractivity contribution in [2.24, 2.45) is 0 Å². The molecule has 0 atom stereocenters. The van der Waals surface area contributed by atoms with E-state index < -0.39 is 0 Å². The highest BCUT2D eigenvalue weighted by Crippen LogP contribution is 2.27. The summed E-state index contributed by atoms with van der Waals surface area (Å²) in [5.41, 5.74) is 4.40. The molecule has 1 heterocycles. The van der Waals surface area contributed by atoms with Gasteiger partial charge in [0.1, 0.15) is 0 Å². The third-order valence-electron chi connectivity index (χ3n) is 3.88. The second-order valence-corrected chi connectivity index (χ2v) is 5.48. The van der Waals surface area contributed by atoms with Crippen LogP contribution in [0.4, 0.5) is 11.6 Å². The zero-order valence-corrected chi connectivity index (χ0v) is 12.7. The smallest absolute Gasteiger partial charge is 0.208 e. The standard InChI is InChI=1S/C20H17N3/c1-3-9-16(10-4-1)15-23(17-11-5-2-6-12-17)20-21-18-13-7-8-14-19(18)22-20/h1-14H,15H2,(H,21,22). The second kappa shape index (κ2) is 5.97. The van der Waals surface area contributed by atoms with E-state index in [0.717, 1.165) is 29.2 Å². The average Bonchev–Trinajstić information content (AvgIpc) is 3.05. The van der Waals surface area contributed by atoms with Gasteiger partial charge in [-0.15, -0.1) is 0 Å². The van der Waals surface area contributed by atoms with Gasteiger partial charge in [0, 0.05) is 5.69 Å². The van der Waals surface area contributed by atoms with Gasteiger partial charge in [-0.25, -0.2) is 4.98 Å². The molecule has 0 bridgehead atoms. The van der Waals surface area contributed by atoms with Crippen molar-refractivity contribution in [1.82, 2.24) is 9.97 Å². The maximum absolute atomic E-state index is 4.76. The summed E-state index contributed by atoms with van der Waals surface area (Å²) in [5, 5.41) is 0. The van der Waals surface area contributed by atoms with Gasteiger partial charge < -0.3 is 9.88 Å². The van der Waals surface area contributed by atoms with Gasteiger partial charge >= 0.3 is 0 Å². The summed E-state index contributed by atoms with van der Waals surface area (Å²) in [7, 11) is 0. The molecule has 0 aliphatic carbocycles. The third kappa shape index (κ3) is 2.81. The number of H-pyrrole nitrogens is 1. The van der Waals surface area contributed by atoms with Crippen LogP contribution in [-0.4, -0.2) is 9.97 Å². The van der Waals surface area contributed by atoms with Gasteiger partial charge in [-0.05, 0) is 29.8 Å². The number of aromatic amines is 1. The lowest BCUT2D eigenvalue weighted by Crippen LogP contribution is -2.17. The summed E-state index contributed by atoms with van der Waals surface area (Å²) in [6.45, 7) is 0.769. The Morgan fingerprint density at radius 1 is 0.739 bits per heavy atom. The molecule has 23 heavy (non-hydrogen) atoms. The number of nitrogens with one attached hydrogen (secondary N) is 1. The maximum atomic E-state index is 4.76. The number of nitrogens with zero attached hydrogens (tertiary/aromatic N) is 2. The lowest BCUT2D eigenvalue weighted by Gasteiger charge is -2.22. The average molecular weight is 299 g/mol. The van der Waals surface area contributed by atoms with E-state index in [1.807, 2.05) is 30.3 Å². The number of hydrogen-bond donors (Lipinski definition) is 1. The largest absolute Gasteiger partial charge is 0.324 e. The minimum atomic E-state index is 0.769. The van der Waals surface area contributed by atoms with Crippen LogP contribution < -0.4 is 4.90 Å². The molecule has 3 nitrogen and oxygen atoms in total. The van der Waals surface area contributed by atoms with Gasteiger partial charge in [0.05, 0.1) is 17.6 Å². The minimum Gasteiger partial charge on any atom is -0.324 e. The van der Waals surface area contributed by atoms with Crippen molar-refractivity contribution < 1.29 is 0 Å². The minimum absolute atomic E-state index is 0.769. The van der Waals surface area contributed by atoms with Crippen LogP contribution in [-0.2, 0) is 6.54 Å². The molecule has 112 valence electrons. The van der Waals surface area contributed by atoms with E-state index in [2.05, 4.69) is 64.5 Å².